The number of hydrogen-bond donors (Lipinski definition) is 1. The van der Waals surface area contributed by atoms with Crippen LogP contribution in [0.1, 0.15) is 10.4 Å². The highest BCUT2D eigenvalue weighted by Crippen LogP contribution is 2.25. The minimum Gasteiger partial charge on any atom is -0.308 e. The number of nitrogens with one attached hydrogen (secondary N) is 1. The molecule has 0 bridgehead atoms. The quantitative estimate of drug-likeness (QED) is 0.673. The Labute approximate surface area is 117 Å². The van der Waals surface area contributed by atoms with Gasteiger partial charge in [-0.1, -0.05) is 12.1 Å². The van der Waals surface area contributed by atoms with Crippen molar-refractivity contribution in [2.45, 2.75) is 13.1 Å². The lowest BCUT2D eigenvalue weighted by molar-refractivity contribution is -0.385. The maximum Gasteiger partial charge on any atom is 0.283 e. The van der Waals surface area contributed by atoms with Crippen LogP contribution >= 0.6 is 27.3 Å². The molecule has 0 saturated heterocycles. The molecule has 0 aliphatic carbocycles. The molecule has 0 aliphatic rings. The molecule has 0 saturated carbocycles. The minimum absolute atomic E-state index is 0.102. The number of nitro groups is 1. The Bertz CT molecular complexity index is 543. The number of benzene rings is 1. The van der Waals surface area contributed by atoms with Crippen molar-refractivity contribution in [3.8, 4) is 0 Å². The van der Waals surface area contributed by atoms with E-state index in [0.29, 0.717) is 11.0 Å². The molecule has 1 heterocycles. The van der Waals surface area contributed by atoms with Crippen LogP contribution < -0.4 is 5.32 Å². The van der Waals surface area contributed by atoms with Crippen LogP contribution in [0, 0.1) is 10.1 Å². The number of thiophene rings is 1. The molecule has 0 spiro atoms. The second-order valence-corrected chi connectivity index (χ2v) is 5.61. The Morgan fingerprint density at radius 2 is 2.17 bits per heavy atom. The molecule has 1 aromatic carbocycles. The minimum atomic E-state index is -0.382. The summed E-state index contributed by atoms with van der Waals surface area (Å²) in [6.07, 6.45) is 0. The molecule has 6 heteroatoms. The van der Waals surface area contributed by atoms with Gasteiger partial charge in [0.05, 0.1) is 9.40 Å². The lowest BCUT2D eigenvalue weighted by Crippen LogP contribution is -2.11. The fourth-order valence-electron chi connectivity index (χ4n) is 1.55. The van der Waals surface area contributed by atoms with E-state index in [1.807, 2.05) is 17.5 Å². The van der Waals surface area contributed by atoms with Crippen molar-refractivity contribution in [2.24, 2.45) is 0 Å². The van der Waals surface area contributed by atoms with Gasteiger partial charge in [-0.3, -0.25) is 10.1 Å². The van der Waals surface area contributed by atoms with Gasteiger partial charge in [-0.15, -0.1) is 11.3 Å². The van der Waals surface area contributed by atoms with E-state index in [9.17, 15) is 10.1 Å². The molecule has 4 nitrogen and oxygen atoms in total. The van der Waals surface area contributed by atoms with Gasteiger partial charge < -0.3 is 5.32 Å². The number of hydrogen-bond acceptors (Lipinski definition) is 4. The third-order valence-corrected chi connectivity index (χ3v) is 3.96. The maximum atomic E-state index is 10.8. The summed E-state index contributed by atoms with van der Waals surface area (Å²) < 4.78 is 0.509. The van der Waals surface area contributed by atoms with E-state index in [1.165, 1.54) is 4.88 Å². The highest BCUT2D eigenvalue weighted by molar-refractivity contribution is 9.10. The van der Waals surface area contributed by atoms with E-state index < -0.39 is 0 Å². The van der Waals surface area contributed by atoms with Crippen molar-refractivity contribution in [3.05, 3.63) is 60.7 Å². The van der Waals surface area contributed by atoms with E-state index in [-0.39, 0.29) is 10.6 Å². The Balaban J connectivity index is 1.97. The van der Waals surface area contributed by atoms with Crippen molar-refractivity contribution >= 4 is 33.0 Å². The van der Waals surface area contributed by atoms with E-state index >= 15 is 0 Å². The molecule has 2 aromatic rings. The zero-order chi connectivity index (χ0) is 13.0. The van der Waals surface area contributed by atoms with Gasteiger partial charge in [-0.25, -0.2) is 0 Å². The molecule has 0 radical (unpaired) electrons. The molecule has 0 unspecified atom stereocenters. The van der Waals surface area contributed by atoms with Crippen molar-refractivity contribution in [1.82, 2.24) is 5.32 Å². The topological polar surface area (TPSA) is 55.2 Å². The summed E-state index contributed by atoms with van der Waals surface area (Å²) in [7, 11) is 0. The van der Waals surface area contributed by atoms with Gasteiger partial charge >= 0.3 is 0 Å². The predicted molar refractivity (Wildman–Crippen MR) is 75.7 cm³/mol. The zero-order valence-electron chi connectivity index (χ0n) is 9.43. The van der Waals surface area contributed by atoms with Gasteiger partial charge in [0.2, 0.25) is 0 Å². The monoisotopic (exact) mass is 326 g/mol. The van der Waals surface area contributed by atoms with Gasteiger partial charge in [-0.05, 0) is 39.0 Å². The molecule has 94 valence electrons. The van der Waals surface area contributed by atoms with Crippen molar-refractivity contribution in [2.75, 3.05) is 0 Å². The highest BCUT2D eigenvalue weighted by atomic mass is 79.9. The first-order valence-electron chi connectivity index (χ1n) is 5.33. The first-order valence-corrected chi connectivity index (χ1v) is 7.00. The third kappa shape index (κ3) is 3.38. The molecule has 0 aliphatic heterocycles. The molecular weight excluding hydrogens is 316 g/mol. The average molecular weight is 327 g/mol. The third-order valence-electron chi connectivity index (χ3n) is 2.42. The molecule has 0 fully saturated rings. The van der Waals surface area contributed by atoms with E-state index in [0.717, 1.165) is 12.1 Å². The van der Waals surface area contributed by atoms with Gasteiger partial charge in [0, 0.05) is 24.0 Å². The Morgan fingerprint density at radius 3 is 2.83 bits per heavy atom. The predicted octanol–water partition coefficient (Wildman–Crippen LogP) is 3.71. The van der Waals surface area contributed by atoms with E-state index in [2.05, 4.69) is 27.3 Å². The lowest BCUT2D eigenvalue weighted by Gasteiger charge is -2.04. The van der Waals surface area contributed by atoms with E-state index in [1.54, 1.807) is 23.5 Å². The van der Waals surface area contributed by atoms with Crippen LogP contribution in [0.3, 0.4) is 0 Å². The van der Waals surface area contributed by atoms with Crippen LogP contribution in [0.4, 0.5) is 5.69 Å². The summed E-state index contributed by atoms with van der Waals surface area (Å²) in [6, 6.07) is 9.23. The molecule has 1 aromatic heterocycles. The molecule has 2 rings (SSSR count). The van der Waals surface area contributed by atoms with Gasteiger partial charge in [0.1, 0.15) is 0 Å². The van der Waals surface area contributed by atoms with Crippen molar-refractivity contribution in [3.63, 3.8) is 0 Å². The standard InChI is InChI=1S/C12H11BrN2O2S/c13-11-4-3-9(6-12(11)15(16)17)7-14-8-10-2-1-5-18-10/h1-6,14H,7-8H2. The fraction of sp³-hybridized carbons (Fsp3) is 0.167. The molecule has 18 heavy (non-hydrogen) atoms. The summed E-state index contributed by atoms with van der Waals surface area (Å²) in [5.41, 5.74) is 1.01. The number of rotatable bonds is 5. The number of halogens is 1. The summed E-state index contributed by atoms with van der Waals surface area (Å²) in [5.74, 6) is 0. The number of nitro benzene ring substituents is 1. The van der Waals surface area contributed by atoms with Crippen LogP contribution in [0.15, 0.2) is 40.2 Å². The molecule has 0 atom stereocenters. The van der Waals surface area contributed by atoms with Crippen molar-refractivity contribution in [1.29, 1.82) is 0 Å². The van der Waals surface area contributed by atoms with Crippen LogP contribution in [0.2, 0.25) is 0 Å². The molecular formula is C12H11BrN2O2S. The molecule has 1 N–H and O–H groups in total. The summed E-state index contributed by atoms with van der Waals surface area (Å²) in [5, 5.41) is 16.1. The van der Waals surface area contributed by atoms with Gasteiger partial charge in [0.25, 0.3) is 5.69 Å². The van der Waals surface area contributed by atoms with Crippen LogP contribution in [-0.2, 0) is 13.1 Å². The van der Waals surface area contributed by atoms with Crippen LogP contribution in [0.5, 0.6) is 0 Å². The Kier molecular flexibility index (Phi) is 4.46. The van der Waals surface area contributed by atoms with Gasteiger partial charge in [0.15, 0.2) is 0 Å². The van der Waals surface area contributed by atoms with Crippen LogP contribution in [-0.4, -0.2) is 4.92 Å². The number of nitrogens with zero attached hydrogens (tertiary/aromatic N) is 1. The van der Waals surface area contributed by atoms with Crippen LogP contribution in [0.25, 0.3) is 0 Å². The summed E-state index contributed by atoms with van der Waals surface area (Å²) in [4.78, 5) is 11.7. The SMILES string of the molecule is O=[N+]([O-])c1cc(CNCc2cccs2)ccc1Br. The first kappa shape index (κ1) is 13.2. The smallest absolute Gasteiger partial charge is 0.283 e. The second-order valence-electron chi connectivity index (χ2n) is 3.73. The van der Waals surface area contributed by atoms with E-state index in [4.69, 9.17) is 0 Å². The average Bonchev–Trinajstić information content (AvgIpc) is 2.84. The van der Waals surface area contributed by atoms with Crippen molar-refractivity contribution < 1.29 is 4.92 Å². The maximum absolute atomic E-state index is 10.8. The fourth-order valence-corrected chi connectivity index (χ4v) is 2.62. The highest BCUT2D eigenvalue weighted by Gasteiger charge is 2.11. The Morgan fingerprint density at radius 1 is 1.33 bits per heavy atom. The second kappa shape index (κ2) is 6.08. The largest absolute Gasteiger partial charge is 0.308 e. The zero-order valence-corrected chi connectivity index (χ0v) is 11.8. The normalized spacial score (nSPS) is 10.5. The van der Waals surface area contributed by atoms with Gasteiger partial charge in [-0.2, -0.15) is 0 Å². The first-order chi connectivity index (χ1) is 8.66. The summed E-state index contributed by atoms with van der Waals surface area (Å²) >= 11 is 4.86. The lowest BCUT2D eigenvalue weighted by atomic mass is 10.2. The molecule has 0 amide bonds. The Hall–Kier alpha value is -1.24. The summed E-state index contributed by atoms with van der Waals surface area (Å²) in [6.45, 7) is 1.40.